The first-order valence-corrected chi connectivity index (χ1v) is 9.63. The van der Waals surface area contributed by atoms with E-state index in [1.165, 1.54) is 0 Å². The summed E-state index contributed by atoms with van der Waals surface area (Å²) in [6.07, 6.45) is 1.79. The minimum atomic E-state index is -0.0407. The molecule has 0 aliphatic heterocycles. The SMILES string of the molecule is CCSc1ccccc1C(=O)NCc1ccnc(-c2cccs2)c1. The maximum Gasteiger partial charge on any atom is 0.252 e. The number of rotatable bonds is 6. The van der Waals surface area contributed by atoms with Gasteiger partial charge in [-0.1, -0.05) is 25.1 Å². The normalized spacial score (nSPS) is 10.5. The van der Waals surface area contributed by atoms with Crippen LogP contribution in [-0.4, -0.2) is 16.6 Å². The Bertz CT molecular complexity index is 816. The molecule has 0 radical (unpaired) electrons. The summed E-state index contributed by atoms with van der Waals surface area (Å²) in [4.78, 5) is 19.0. The van der Waals surface area contributed by atoms with Crippen LogP contribution in [0.5, 0.6) is 0 Å². The van der Waals surface area contributed by atoms with Crippen molar-refractivity contribution in [3.05, 3.63) is 71.2 Å². The molecule has 0 aliphatic carbocycles. The fourth-order valence-electron chi connectivity index (χ4n) is 2.36. The van der Waals surface area contributed by atoms with E-state index < -0.39 is 0 Å². The van der Waals surface area contributed by atoms with E-state index in [1.54, 1.807) is 29.3 Å². The molecule has 0 bridgehead atoms. The molecule has 0 saturated carbocycles. The third-order valence-electron chi connectivity index (χ3n) is 3.48. The smallest absolute Gasteiger partial charge is 0.252 e. The number of aromatic nitrogens is 1. The van der Waals surface area contributed by atoms with Gasteiger partial charge in [-0.05, 0) is 47.0 Å². The number of carbonyl (C=O) groups excluding carboxylic acids is 1. The molecule has 1 aromatic carbocycles. The van der Waals surface area contributed by atoms with E-state index in [2.05, 4.69) is 17.2 Å². The number of amides is 1. The summed E-state index contributed by atoms with van der Waals surface area (Å²) in [6.45, 7) is 2.58. The first-order chi connectivity index (χ1) is 11.8. The van der Waals surface area contributed by atoms with E-state index in [0.717, 1.165) is 32.3 Å². The first kappa shape index (κ1) is 16.7. The largest absolute Gasteiger partial charge is 0.348 e. The number of hydrogen-bond acceptors (Lipinski definition) is 4. The number of hydrogen-bond donors (Lipinski definition) is 1. The van der Waals surface area contributed by atoms with Crippen LogP contribution in [0.1, 0.15) is 22.8 Å². The quantitative estimate of drug-likeness (QED) is 0.643. The zero-order valence-corrected chi connectivity index (χ0v) is 15.0. The Hall–Kier alpha value is -2.11. The van der Waals surface area contributed by atoms with Gasteiger partial charge in [0.25, 0.3) is 5.91 Å². The van der Waals surface area contributed by atoms with Gasteiger partial charge in [-0.25, -0.2) is 0 Å². The molecule has 122 valence electrons. The molecule has 0 spiro atoms. The van der Waals surface area contributed by atoms with E-state index in [9.17, 15) is 4.79 Å². The van der Waals surface area contributed by atoms with Crippen LogP contribution in [0, 0.1) is 0 Å². The number of benzene rings is 1. The Morgan fingerprint density at radius 2 is 2.08 bits per heavy atom. The van der Waals surface area contributed by atoms with Gasteiger partial charge < -0.3 is 5.32 Å². The molecule has 0 saturated heterocycles. The molecule has 0 aliphatic rings. The van der Waals surface area contributed by atoms with Gasteiger partial charge in [0.1, 0.15) is 0 Å². The second kappa shape index (κ2) is 8.13. The van der Waals surface area contributed by atoms with Crippen molar-refractivity contribution in [3.8, 4) is 10.6 Å². The highest BCUT2D eigenvalue weighted by atomic mass is 32.2. The number of carbonyl (C=O) groups is 1. The third kappa shape index (κ3) is 4.04. The predicted molar refractivity (Wildman–Crippen MR) is 102 cm³/mol. The number of thiophene rings is 1. The molecule has 5 heteroatoms. The van der Waals surface area contributed by atoms with Gasteiger partial charge in [0.15, 0.2) is 0 Å². The Morgan fingerprint density at radius 3 is 2.88 bits per heavy atom. The summed E-state index contributed by atoms with van der Waals surface area (Å²) in [5, 5.41) is 5.05. The Labute approximate surface area is 150 Å². The summed E-state index contributed by atoms with van der Waals surface area (Å²) in [7, 11) is 0. The van der Waals surface area contributed by atoms with E-state index in [-0.39, 0.29) is 5.91 Å². The van der Waals surface area contributed by atoms with Crippen LogP contribution in [0.4, 0.5) is 0 Å². The molecule has 3 nitrogen and oxygen atoms in total. The Kier molecular flexibility index (Phi) is 5.67. The van der Waals surface area contributed by atoms with Crippen molar-refractivity contribution in [1.82, 2.24) is 10.3 Å². The van der Waals surface area contributed by atoms with Crippen molar-refractivity contribution in [2.45, 2.75) is 18.4 Å². The molecule has 2 heterocycles. The molecule has 3 aromatic rings. The fraction of sp³-hybridized carbons (Fsp3) is 0.158. The molecule has 0 fully saturated rings. The standard InChI is InChI=1S/C19H18N2OS2/c1-2-23-17-7-4-3-6-15(17)19(22)21-13-14-9-10-20-16(12-14)18-8-5-11-24-18/h3-12H,2,13H2,1H3,(H,21,22). The van der Waals surface area contributed by atoms with Crippen molar-refractivity contribution in [2.24, 2.45) is 0 Å². The van der Waals surface area contributed by atoms with Crippen molar-refractivity contribution >= 4 is 29.0 Å². The number of nitrogens with zero attached hydrogens (tertiary/aromatic N) is 1. The number of nitrogens with one attached hydrogen (secondary N) is 1. The van der Waals surface area contributed by atoms with Crippen LogP contribution in [-0.2, 0) is 6.54 Å². The van der Waals surface area contributed by atoms with Gasteiger partial charge in [-0.2, -0.15) is 0 Å². The van der Waals surface area contributed by atoms with Crippen molar-refractivity contribution in [1.29, 1.82) is 0 Å². The van der Waals surface area contributed by atoms with E-state index >= 15 is 0 Å². The molecule has 24 heavy (non-hydrogen) atoms. The number of pyridine rings is 1. The zero-order valence-electron chi connectivity index (χ0n) is 13.4. The van der Waals surface area contributed by atoms with Gasteiger partial charge in [0, 0.05) is 17.6 Å². The van der Waals surface area contributed by atoms with Crippen LogP contribution in [0.25, 0.3) is 10.6 Å². The first-order valence-electron chi connectivity index (χ1n) is 7.76. The maximum absolute atomic E-state index is 12.5. The van der Waals surface area contributed by atoms with Crippen LogP contribution in [0.15, 0.2) is 65.0 Å². The third-order valence-corrected chi connectivity index (χ3v) is 5.33. The van der Waals surface area contributed by atoms with Gasteiger partial charge in [0.2, 0.25) is 0 Å². The van der Waals surface area contributed by atoms with Crippen molar-refractivity contribution < 1.29 is 4.79 Å². The van der Waals surface area contributed by atoms with Gasteiger partial charge in [-0.15, -0.1) is 23.1 Å². The highest BCUT2D eigenvalue weighted by Gasteiger charge is 2.11. The summed E-state index contributed by atoms with van der Waals surface area (Å²) < 4.78 is 0. The molecular formula is C19H18N2OS2. The van der Waals surface area contributed by atoms with Crippen molar-refractivity contribution in [2.75, 3.05) is 5.75 Å². The highest BCUT2D eigenvalue weighted by Crippen LogP contribution is 2.24. The minimum Gasteiger partial charge on any atom is -0.348 e. The second-order valence-electron chi connectivity index (χ2n) is 5.14. The Morgan fingerprint density at radius 1 is 1.21 bits per heavy atom. The average Bonchev–Trinajstić information content (AvgIpc) is 3.15. The summed E-state index contributed by atoms with van der Waals surface area (Å²) >= 11 is 3.34. The number of thioether (sulfide) groups is 1. The molecular weight excluding hydrogens is 336 g/mol. The highest BCUT2D eigenvalue weighted by molar-refractivity contribution is 7.99. The molecule has 2 aromatic heterocycles. The van der Waals surface area contributed by atoms with E-state index in [1.807, 2.05) is 53.9 Å². The van der Waals surface area contributed by atoms with Crippen LogP contribution in [0.2, 0.25) is 0 Å². The Balaban J connectivity index is 1.70. The lowest BCUT2D eigenvalue weighted by atomic mass is 10.2. The second-order valence-corrected chi connectivity index (χ2v) is 7.39. The topological polar surface area (TPSA) is 42.0 Å². The zero-order chi connectivity index (χ0) is 16.8. The van der Waals surface area contributed by atoms with E-state index in [4.69, 9.17) is 0 Å². The summed E-state index contributed by atoms with van der Waals surface area (Å²) in [6, 6.07) is 15.7. The fourth-order valence-corrected chi connectivity index (χ4v) is 3.85. The lowest BCUT2D eigenvalue weighted by Gasteiger charge is -2.09. The summed E-state index contributed by atoms with van der Waals surface area (Å²) in [5.41, 5.74) is 2.72. The molecule has 0 unspecified atom stereocenters. The van der Waals surface area contributed by atoms with Crippen LogP contribution >= 0.6 is 23.1 Å². The van der Waals surface area contributed by atoms with Gasteiger partial charge >= 0.3 is 0 Å². The predicted octanol–water partition coefficient (Wildman–Crippen LogP) is 4.85. The van der Waals surface area contributed by atoms with Crippen molar-refractivity contribution in [3.63, 3.8) is 0 Å². The molecule has 1 amide bonds. The molecule has 3 rings (SSSR count). The van der Waals surface area contributed by atoms with Crippen LogP contribution in [0.3, 0.4) is 0 Å². The van der Waals surface area contributed by atoms with Gasteiger partial charge in [-0.3, -0.25) is 9.78 Å². The maximum atomic E-state index is 12.5. The average molecular weight is 355 g/mol. The summed E-state index contributed by atoms with van der Waals surface area (Å²) in [5.74, 6) is 0.903. The minimum absolute atomic E-state index is 0.0407. The van der Waals surface area contributed by atoms with E-state index in [0.29, 0.717) is 6.54 Å². The molecule has 1 N–H and O–H groups in total. The molecule has 0 atom stereocenters. The van der Waals surface area contributed by atoms with Gasteiger partial charge in [0.05, 0.1) is 16.1 Å². The lowest BCUT2D eigenvalue weighted by Crippen LogP contribution is -2.23. The van der Waals surface area contributed by atoms with Crippen LogP contribution < -0.4 is 5.32 Å². The lowest BCUT2D eigenvalue weighted by molar-refractivity contribution is 0.0948. The monoisotopic (exact) mass is 354 g/mol.